The number of likely N-dealkylation sites (N-methyl/N-ethyl adjacent to an activating group) is 1. The molecule has 0 saturated carbocycles. The van der Waals surface area contributed by atoms with Crippen LogP contribution in [-0.2, 0) is 6.42 Å². The zero-order valence-corrected chi connectivity index (χ0v) is 11.9. The van der Waals surface area contributed by atoms with Crippen LogP contribution in [0, 0.1) is 0 Å². The van der Waals surface area contributed by atoms with E-state index in [1.165, 1.54) is 11.3 Å². The summed E-state index contributed by atoms with van der Waals surface area (Å²) in [5.41, 5.74) is 5.54. The van der Waals surface area contributed by atoms with Gasteiger partial charge in [0, 0.05) is 42.3 Å². The molecule has 0 fully saturated rings. The molecule has 3 heteroatoms. The minimum Gasteiger partial charge on any atom is -0.371 e. The van der Waals surface area contributed by atoms with Gasteiger partial charge in [0.05, 0.1) is 0 Å². The summed E-state index contributed by atoms with van der Waals surface area (Å²) >= 11 is 0. The van der Waals surface area contributed by atoms with Crippen molar-refractivity contribution in [1.82, 2.24) is 4.98 Å². The summed E-state index contributed by atoms with van der Waals surface area (Å²) < 4.78 is 0. The maximum Gasteiger partial charge on any atom is 0.161 e. The van der Waals surface area contributed by atoms with Gasteiger partial charge in [-0.3, -0.25) is 9.78 Å². The Labute approximate surface area is 119 Å². The second-order valence-electron chi connectivity index (χ2n) is 5.19. The third kappa shape index (κ3) is 2.20. The molecule has 1 aliphatic rings. The Morgan fingerprint density at radius 1 is 1.25 bits per heavy atom. The average Bonchev–Trinajstić information content (AvgIpc) is 2.89. The zero-order valence-electron chi connectivity index (χ0n) is 11.9. The number of aromatic nitrogens is 1. The van der Waals surface area contributed by atoms with Gasteiger partial charge in [-0.2, -0.15) is 0 Å². The van der Waals surface area contributed by atoms with Gasteiger partial charge in [0.25, 0.3) is 0 Å². The second-order valence-corrected chi connectivity index (χ2v) is 5.19. The number of anilines is 1. The van der Waals surface area contributed by atoms with E-state index in [4.69, 9.17) is 0 Å². The summed E-state index contributed by atoms with van der Waals surface area (Å²) in [6, 6.07) is 8.45. The van der Waals surface area contributed by atoms with Gasteiger partial charge in [0.15, 0.2) is 5.78 Å². The molecule has 2 aromatic rings. The fraction of sp³-hybridized carbons (Fsp3) is 0.294. The lowest BCUT2D eigenvalue weighted by Crippen LogP contribution is -2.18. The van der Waals surface area contributed by atoms with E-state index in [0.717, 1.165) is 30.6 Å². The fourth-order valence-corrected chi connectivity index (χ4v) is 2.77. The van der Waals surface area contributed by atoms with E-state index in [2.05, 4.69) is 35.0 Å². The number of Topliss-reactive ketones (excluding diaryl/α,β-unsaturated/α-hetero) is 1. The van der Waals surface area contributed by atoms with E-state index < -0.39 is 0 Å². The van der Waals surface area contributed by atoms with Crippen molar-refractivity contribution < 1.29 is 4.79 Å². The Bertz CT molecular complexity index is 664. The average molecular weight is 266 g/mol. The molecule has 0 bridgehead atoms. The SMILES string of the molecule is CCN1CCc2cc(-c3cncc(C(C)=O)c3)ccc21. The van der Waals surface area contributed by atoms with Gasteiger partial charge in [-0.05, 0) is 49.6 Å². The van der Waals surface area contributed by atoms with E-state index in [9.17, 15) is 4.79 Å². The molecule has 0 saturated heterocycles. The lowest BCUT2D eigenvalue weighted by atomic mass is 10.0. The normalized spacial score (nSPS) is 13.4. The highest BCUT2D eigenvalue weighted by Gasteiger charge is 2.18. The molecule has 1 aromatic carbocycles. The monoisotopic (exact) mass is 266 g/mol. The molecule has 3 nitrogen and oxygen atoms in total. The molecular weight excluding hydrogens is 248 g/mol. The molecule has 102 valence electrons. The molecule has 0 radical (unpaired) electrons. The van der Waals surface area contributed by atoms with Gasteiger partial charge in [-0.25, -0.2) is 0 Å². The third-order valence-corrected chi connectivity index (χ3v) is 3.93. The van der Waals surface area contributed by atoms with Crippen LogP contribution < -0.4 is 4.90 Å². The highest BCUT2D eigenvalue weighted by Crippen LogP contribution is 2.32. The van der Waals surface area contributed by atoms with Crippen LogP contribution in [0.15, 0.2) is 36.7 Å². The molecule has 0 aliphatic carbocycles. The summed E-state index contributed by atoms with van der Waals surface area (Å²) in [6.07, 6.45) is 4.54. The zero-order chi connectivity index (χ0) is 14.1. The Hall–Kier alpha value is -2.16. The molecular formula is C17H18N2O. The maximum atomic E-state index is 11.5. The van der Waals surface area contributed by atoms with Crippen molar-refractivity contribution in [3.63, 3.8) is 0 Å². The molecule has 0 spiro atoms. The summed E-state index contributed by atoms with van der Waals surface area (Å²) in [7, 11) is 0. The number of hydrogen-bond donors (Lipinski definition) is 0. The number of carbonyl (C=O) groups is 1. The van der Waals surface area contributed by atoms with Crippen LogP contribution >= 0.6 is 0 Å². The van der Waals surface area contributed by atoms with Gasteiger partial charge < -0.3 is 4.90 Å². The Morgan fingerprint density at radius 3 is 2.85 bits per heavy atom. The van der Waals surface area contributed by atoms with Crippen molar-refractivity contribution in [2.24, 2.45) is 0 Å². The molecule has 1 aromatic heterocycles. The molecule has 0 N–H and O–H groups in total. The first-order valence-corrected chi connectivity index (χ1v) is 7.03. The topological polar surface area (TPSA) is 33.2 Å². The van der Waals surface area contributed by atoms with Gasteiger partial charge >= 0.3 is 0 Å². The number of fused-ring (bicyclic) bond motifs is 1. The Morgan fingerprint density at radius 2 is 2.10 bits per heavy atom. The van der Waals surface area contributed by atoms with Crippen molar-refractivity contribution in [2.75, 3.05) is 18.0 Å². The van der Waals surface area contributed by atoms with E-state index in [1.54, 1.807) is 13.1 Å². The minimum absolute atomic E-state index is 0.0534. The largest absolute Gasteiger partial charge is 0.371 e. The Balaban J connectivity index is 2.00. The first-order valence-electron chi connectivity index (χ1n) is 7.03. The number of benzene rings is 1. The number of ketones is 1. The molecule has 1 aliphatic heterocycles. The molecule has 3 rings (SSSR count). The lowest BCUT2D eigenvalue weighted by Gasteiger charge is -2.16. The molecule has 20 heavy (non-hydrogen) atoms. The quantitative estimate of drug-likeness (QED) is 0.799. The van der Waals surface area contributed by atoms with Crippen LogP contribution in [0.3, 0.4) is 0 Å². The summed E-state index contributed by atoms with van der Waals surface area (Å²) in [6.45, 7) is 5.90. The number of nitrogens with zero attached hydrogens (tertiary/aromatic N) is 2. The molecule has 0 atom stereocenters. The number of carbonyl (C=O) groups excluding carboxylic acids is 1. The highest BCUT2D eigenvalue weighted by atomic mass is 16.1. The molecule has 0 amide bonds. The molecule has 2 heterocycles. The van der Waals surface area contributed by atoms with Crippen LogP contribution in [0.2, 0.25) is 0 Å². The first-order chi connectivity index (χ1) is 9.69. The van der Waals surface area contributed by atoms with Crippen molar-refractivity contribution in [2.45, 2.75) is 20.3 Å². The maximum absolute atomic E-state index is 11.5. The van der Waals surface area contributed by atoms with E-state index >= 15 is 0 Å². The van der Waals surface area contributed by atoms with Crippen molar-refractivity contribution in [3.05, 3.63) is 47.8 Å². The fourth-order valence-electron chi connectivity index (χ4n) is 2.77. The van der Waals surface area contributed by atoms with Crippen molar-refractivity contribution >= 4 is 11.5 Å². The second kappa shape index (κ2) is 5.08. The van der Waals surface area contributed by atoms with Crippen LogP contribution in [0.1, 0.15) is 29.8 Å². The highest BCUT2D eigenvalue weighted by molar-refractivity contribution is 5.94. The van der Waals surface area contributed by atoms with Crippen molar-refractivity contribution in [3.8, 4) is 11.1 Å². The standard InChI is InChI=1S/C17H18N2O/c1-3-19-7-6-14-8-13(4-5-17(14)19)16-9-15(12(2)20)10-18-11-16/h4-5,8-11H,3,6-7H2,1-2H3. The number of hydrogen-bond acceptors (Lipinski definition) is 3. The minimum atomic E-state index is 0.0534. The third-order valence-electron chi connectivity index (χ3n) is 3.93. The van der Waals surface area contributed by atoms with E-state index in [0.29, 0.717) is 5.56 Å². The van der Waals surface area contributed by atoms with Gasteiger partial charge in [0.1, 0.15) is 0 Å². The smallest absolute Gasteiger partial charge is 0.161 e. The summed E-state index contributed by atoms with van der Waals surface area (Å²) in [5, 5.41) is 0. The van der Waals surface area contributed by atoms with Crippen LogP contribution in [0.25, 0.3) is 11.1 Å². The van der Waals surface area contributed by atoms with Crippen LogP contribution in [0.5, 0.6) is 0 Å². The van der Waals surface area contributed by atoms with Crippen molar-refractivity contribution in [1.29, 1.82) is 0 Å². The summed E-state index contributed by atoms with van der Waals surface area (Å²) in [4.78, 5) is 18.0. The van der Waals surface area contributed by atoms with E-state index in [-0.39, 0.29) is 5.78 Å². The van der Waals surface area contributed by atoms with Crippen LogP contribution in [-0.4, -0.2) is 23.9 Å². The van der Waals surface area contributed by atoms with Gasteiger partial charge in [-0.1, -0.05) is 6.07 Å². The van der Waals surface area contributed by atoms with Crippen LogP contribution in [0.4, 0.5) is 5.69 Å². The van der Waals surface area contributed by atoms with Gasteiger partial charge in [-0.15, -0.1) is 0 Å². The van der Waals surface area contributed by atoms with E-state index in [1.807, 2.05) is 12.3 Å². The predicted molar refractivity (Wildman–Crippen MR) is 81.3 cm³/mol. The lowest BCUT2D eigenvalue weighted by molar-refractivity contribution is 0.101. The number of pyridine rings is 1. The van der Waals surface area contributed by atoms with Gasteiger partial charge in [0.2, 0.25) is 0 Å². The Kier molecular flexibility index (Phi) is 3.26. The number of rotatable bonds is 3. The summed E-state index contributed by atoms with van der Waals surface area (Å²) in [5.74, 6) is 0.0534. The first kappa shape index (κ1) is 12.9. The predicted octanol–water partition coefficient (Wildman–Crippen LogP) is 3.33. The molecule has 0 unspecified atom stereocenters.